The van der Waals surface area contributed by atoms with Gasteiger partial charge in [-0.2, -0.15) is 5.10 Å². The molecular weight excluding hydrogens is 274 g/mol. The van der Waals surface area contributed by atoms with Crippen LogP contribution in [-0.4, -0.2) is 40.2 Å². The summed E-state index contributed by atoms with van der Waals surface area (Å²) in [5.41, 5.74) is -0.119. The topological polar surface area (TPSA) is 85.5 Å². The van der Waals surface area contributed by atoms with E-state index in [4.69, 9.17) is 9.15 Å². The van der Waals surface area contributed by atoms with Crippen LogP contribution in [0.2, 0.25) is 0 Å². The fraction of sp³-hybridized carbons (Fsp3) is 0.286. The number of carbonyl (C=O) groups is 1. The van der Waals surface area contributed by atoms with Gasteiger partial charge < -0.3 is 14.1 Å². The van der Waals surface area contributed by atoms with Crippen molar-refractivity contribution in [1.29, 1.82) is 0 Å². The molecular formula is C14H13N3O4. The average Bonchev–Trinajstić information content (AvgIpc) is 2.97. The van der Waals surface area contributed by atoms with Crippen LogP contribution in [0.3, 0.4) is 0 Å². The van der Waals surface area contributed by atoms with E-state index in [0.717, 1.165) is 6.42 Å². The standard InChI is InChI=1S/C14H13N3O4/c18-13-4-3-10(9-20-13)14(19)17-7-5-11(8-17)21-12-2-1-6-15-16-12/h1-4,6,9,11H,5,7-8H2. The number of likely N-dealkylation sites (tertiary alicyclic amines) is 1. The Hall–Kier alpha value is -2.70. The molecule has 0 spiro atoms. The third kappa shape index (κ3) is 3.07. The smallest absolute Gasteiger partial charge is 0.335 e. The summed E-state index contributed by atoms with van der Waals surface area (Å²) in [6.45, 7) is 1.05. The summed E-state index contributed by atoms with van der Waals surface area (Å²) in [7, 11) is 0. The van der Waals surface area contributed by atoms with Crippen molar-refractivity contribution in [3.63, 3.8) is 0 Å². The molecule has 0 aromatic carbocycles. The van der Waals surface area contributed by atoms with Crippen LogP contribution in [0.4, 0.5) is 0 Å². The quantitative estimate of drug-likeness (QED) is 0.827. The number of ether oxygens (including phenoxy) is 1. The summed E-state index contributed by atoms with van der Waals surface area (Å²) < 4.78 is 10.4. The van der Waals surface area contributed by atoms with Crippen LogP contribution in [0, 0.1) is 0 Å². The van der Waals surface area contributed by atoms with E-state index >= 15 is 0 Å². The van der Waals surface area contributed by atoms with E-state index in [9.17, 15) is 9.59 Å². The normalized spacial score (nSPS) is 17.7. The maximum Gasteiger partial charge on any atom is 0.335 e. The summed E-state index contributed by atoms with van der Waals surface area (Å²) in [6.07, 6.45) is 3.36. The van der Waals surface area contributed by atoms with Gasteiger partial charge in [-0.1, -0.05) is 0 Å². The van der Waals surface area contributed by atoms with E-state index in [1.165, 1.54) is 18.4 Å². The SMILES string of the molecule is O=C(c1ccc(=O)oc1)N1CCC(Oc2cccnn2)C1. The molecule has 1 fully saturated rings. The second-order valence-corrected chi connectivity index (χ2v) is 4.69. The van der Waals surface area contributed by atoms with Crippen LogP contribution >= 0.6 is 0 Å². The molecule has 0 bridgehead atoms. The van der Waals surface area contributed by atoms with Crippen LogP contribution in [-0.2, 0) is 0 Å². The van der Waals surface area contributed by atoms with Gasteiger partial charge in [-0.15, -0.1) is 5.10 Å². The van der Waals surface area contributed by atoms with Gasteiger partial charge in [0, 0.05) is 31.3 Å². The number of amides is 1. The van der Waals surface area contributed by atoms with Gasteiger partial charge in [-0.05, 0) is 12.1 Å². The maximum absolute atomic E-state index is 12.2. The highest BCUT2D eigenvalue weighted by molar-refractivity contribution is 5.93. The molecule has 1 aliphatic heterocycles. The van der Waals surface area contributed by atoms with Gasteiger partial charge in [0.25, 0.3) is 5.91 Å². The molecule has 7 heteroatoms. The summed E-state index contributed by atoms with van der Waals surface area (Å²) in [6, 6.07) is 6.16. The Labute approximate surface area is 120 Å². The molecule has 3 rings (SSSR count). The minimum Gasteiger partial charge on any atom is -0.471 e. The average molecular weight is 287 g/mol. The molecule has 3 heterocycles. The highest BCUT2D eigenvalue weighted by atomic mass is 16.5. The number of aromatic nitrogens is 2. The largest absolute Gasteiger partial charge is 0.471 e. The van der Waals surface area contributed by atoms with Crippen molar-refractivity contribution >= 4 is 5.91 Å². The molecule has 2 aromatic rings. The van der Waals surface area contributed by atoms with E-state index in [2.05, 4.69) is 10.2 Å². The summed E-state index contributed by atoms with van der Waals surface area (Å²) in [5.74, 6) is 0.270. The number of nitrogens with zero attached hydrogens (tertiary/aromatic N) is 3. The van der Waals surface area contributed by atoms with Crippen molar-refractivity contribution < 1.29 is 13.9 Å². The lowest BCUT2D eigenvalue weighted by atomic mass is 10.2. The summed E-state index contributed by atoms with van der Waals surface area (Å²) in [5, 5.41) is 7.59. The van der Waals surface area contributed by atoms with Gasteiger partial charge in [0.15, 0.2) is 0 Å². The van der Waals surface area contributed by atoms with Gasteiger partial charge in [-0.25, -0.2) is 4.79 Å². The zero-order valence-corrected chi connectivity index (χ0v) is 11.1. The number of rotatable bonds is 3. The van der Waals surface area contributed by atoms with Crippen LogP contribution < -0.4 is 10.4 Å². The second kappa shape index (κ2) is 5.74. The van der Waals surface area contributed by atoms with E-state index in [1.54, 1.807) is 23.2 Å². The van der Waals surface area contributed by atoms with Gasteiger partial charge in [0.2, 0.25) is 5.88 Å². The van der Waals surface area contributed by atoms with Gasteiger partial charge >= 0.3 is 5.63 Å². The first-order valence-electron chi connectivity index (χ1n) is 6.55. The lowest BCUT2D eigenvalue weighted by Gasteiger charge is -2.16. The maximum atomic E-state index is 12.2. The molecule has 7 nitrogen and oxygen atoms in total. The molecule has 0 N–H and O–H groups in total. The van der Waals surface area contributed by atoms with Gasteiger partial charge in [0.05, 0.1) is 12.1 Å². The Morgan fingerprint density at radius 1 is 1.38 bits per heavy atom. The number of hydrogen-bond acceptors (Lipinski definition) is 6. The van der Waals surface area contributed by atoms with Crippen molar-refractivity contribution in [3.8, 4) is 5.88 Å². The Bertz CT molecular complexity index is 666. The first kappa shape index (κ1) is 13.3. The van der Waals surface area contributed by atoms with Crippen LogP contribution in [0.5, 0.6) is 5.88 Å². The zero-order valence-electron chi connectivity index (χ0n) is 11.1. The molecule has 2 aromatic heterocycles. The monoisotopic (exact) mass is 287 g/mol. The third-order valence-electron chi connectivity index (χ3n) is 3.22. The molecule has 0 saturated carbocycles. The van der Waals surface area contributed by atoms with E-state index in [-0.39, 0.29) is 12.0 Å². The number of hydrogen-bond donors (Lipinski definition) is 0. The minimum absolute atomic E-state index is 0.110. The fourth-order valence-corrected chi connectivity index (χ4v) is 2.19. The first-order valence-corrected chi connectivity index (χ1v) is 6.55. The summed E-state index contributed by atoms with van der Waals surface area (Å²) >= 11 is 0. The predicted octanol–water partition coefficient (Wildman–Crippen LogP) is 0.723. The molecule has 108 valence electrons. The molecule has 1 amide bonds. The minimum atomic E-state index is -0.475. The molecule has 1 unspecified atom stereocenters. The van der Waals surface area contributed by atoms with Gasteiger partial charge in [-0.3, -0.25) is 4.79 Å². The Kier molecular flexibility index (Phi) is 3.63. The Morgan fingerprint density at radius 2 is 2.29 bits per heavy atom. The Balaban J connectivity index is 1.63. The van der Waals surface area contributed by atoms with Crippen molar-refractivity contribution in [3.05, 3.63) is 52.7 Å². The van der Waals surface area contributed by atoms with Crippen molar-refractivity contribution in [2.75, 3.05) is 13.1 Å². The molecule has 1 aliphatic rings. The highest BCUT2D eigenvalue weighted by Crippen LogP contribution is 2.17. The molecule has 0 radical (unpaired) electrons. The second-order valence-electron chi connectivity index (χ2n) is 4.69. The van der Waals surface area contributed by atoms with Crippen molar-refractivity contribution in [1.82, 2.24) is 15.1 Å². The number of carbonyl (C=O) groups excluding carboxylic acids is 1. The Morgan fingerprint density at radius 3 is 3.00 bits per heavy atom. The highest BCUT2D eigenvalue weighted by Gasteiger charge is 2.28. The van der Waals surface area contributed by atoms with E-state index in [1.807, 2.05) is 0 Å². The molecule has 0 aliphatic carbocycles. The van der Waals surface area contributed by atoms with Crippen LogP contribution in [0.1, 0.15) is 16.8 Å². The van der Waals surface area contributed by atoms with Crippen LogP contribution in [0.15, 0.2) is 45.9 Å². The van der Waals surface area contributed by atoms with Crippen LogP contribution in [0.25, 0.3) is 0 Å². The lowest BCUT2D eigenvalue weighted by molar-refractivity contribution is 0.0768. The fourth-order valence-electron chi connectivity index (χ4n) is 2.19. The first-order chi connectivity index (χ1) is 10.2. The van der Waals surface area contributed by atoms with E-state index < -0.39 is 5.63 Å². The summed E-state index contributed by atoms with van der Waals surface area (Å²) in [4.78, 5) is 24.8. The predicted molar refractivity (Wildman–Crippen MR) is 71.9 cm³/mol. The molecule has 1 saturated heterocycles. The lowest BCUT2D eigenvalue weighted by Crippen LogP contribution is -2.31. The third-order valence-corrected chi connectivity index (χ3v) is 3.22. The van der Waals surface area contributed by atoms with Crippen molar-refractivity contribution in [2.24, 2.45) is 0 Å². The van der Waals surface area contributed by atoms with Gasteiger partial charge in [0.1, 0.15) is 12.4 Å². The van der Waals surface area contributed by atoms with Crippen molar-refractivity contribution in [2.45, 2.75) is 12.5 Å². The zero-order chi connectivity index (χ0) is 14.7. The molecule has 21 heavy (non-hydrogen) atoms. The van der Waals surface area contributed by atoms with E-state index in [0.29, 0.717) is 24.5 Å². The molecule has 1 atom stereocenters.